The Morgan fingerprint density at radius 2 is 1.93 bits per heavy atom. The van der Waals surface area contributed by atoms with Crippen molar-refractivity contribution in [3.8, 4) is 12.3 Å². The molecule has 0 N–H and O–H groups in total. The topological polar surface area (TPSA) is 0 Å². The monoisotopic (exact) mass is 204 g/mol. The fourth-order valence-electron chi connectivity index (χ4n) is 1.34. The van der Waals surface area contributed by atoms with Crippen LogP contribution in [0.25, 0.3) is 0 Å². The van der Waals surface area contributed by atoms with Gasteiger partial charge in [0.05, 0.1) is 0 Å². The number of terminal acetylenes is 1. The molecular weight excluding hydrogens is 180 g/mol. The van der Waals surface area contributed by atoms with E-state index in [4.69, 9.17) is 6.42 Å². The Labute approximate surface area is 95.5 Å². The molecule has 0 spiro atoms. The zero-order valence-electron chi connectivity index (χ0n) is 10.8. The van der Waals surface area contributed by atoms with Crippen LogP contribution in [-0.4, -0.2) is 0 Å². The molecule has 0 aromatic heterocycles. The van der Waals surface area contributed by atoms with Crippen LogP contribution >= 0.6 is 0 Å². The van der Waals surface area contributed by atoms with Crippen LogP contribution < -0.4 is 0 Å². The first-order valence-electron chi connectivity index (χ1n) is 5.81. The normalized spacial score (nSPS) is 15.3. The van der Waals surface area contributed by atoms with E-state index in [1.165, 1.54) is 12.0 Å². The molecule has 1 atom stereocenters. The standard InChI is InChI=1S/C15H24/c1-7-13(5)14(6)11-15(8-2)10-9-12(3)4/h2,7,11-12,14H,9-10H2,1,3-6H3/b13-7+,15-11+. The Morgan fingerprint density at radius 3 is 2.33 bits per heavy atom. The average molecular weight is 204 g/mol. The summed E-state index contributed by atoms with van der Waals surface area (Å²) in [4.78, 5) is 0. The summed E-state index contributed by atoms with van der Waals surface area (Å²) in [5.74, 6) is 3.99. The van der Waals surface area contributed by atoms with Gasteiger partial charge in [0.1, 0.15) is 0 Å². The highest BCUT2D eigenvalue weighted by molar-refractivity contribution is 5.28. The summed E-state index contributed by atoms with van der Waals surface area (Å²) < 4.78 is 0. The van der Waals surface area contributed by atoms with Crippen LogP contribution in [0.1, 0.15) is 47.5 Å². The zero-order chi connectivity index (χ0) is 11.8. The van der Waals surface area contributed by atoms with E-state index in [0.717, 1.165) is 17.9 Å². The fourth-order valence-corrected chi connectivity index (χ4v) is 1.34. The largest absolute Gasteiger partial charge is 0.115 e. The SMILES string of the molecule is C#C/C(=C\C(C)/C(C)=C/C)CCC(C)C. The molecule has 0 saturated heterocycles. The Balaban J connectivity index is 4.41. The third kappa shape index (κ3) is 6.18. The highest BCUT2D eigenvalue weighted by Gasteiger charge is 2.03. The average Bonchev–Trinajstić information content (AvgIpc) is 2.22. The minimum absolute atomic E-state index is 0.466. The van der Waals surface area contributed by atoms with Crippen LogP contribution in [0.15, 0.2) is 23.3 Å². The van der Waals surface area contributed by atoms with Crippen LogP contribution in [-0.2, 0) is 0 Å². The molecule has 1 unspecified atom stereocenters. The first kappa shape index (κ1) is 14.0. The van der Waals surface area contributed by atoms with E-state index in [2.05, 4.69) is 52.7 Å². The molecule has 0 saturated carbocycles. The maximum atomic E-state index is 5.51. The van der Waals surface area contributed by atoms with Gasteiger partial charge in [-0.3, -0.25) is 0 Å². The van der Waals surface area contributed by atoms with E-state index in [1.807, 2.05) is 0 Å². The van der Waals surface area contributed by atoms with E-state index < -0.39 is 0 Å². The molecule has 0 fully saturated rings. The summed E-state index contributed by atoms with van der Waals surface area (Å²) in [6.45, 7) is 10.9. The van der Waals surface area contributed by atoms with Crippen molar-refractivity contribution < 1.29 is 0 Å². The predicted octanol–water partition coefficient (Wildman–Crippen LogP) is 4.58. The number of hydrogen-bond donors (Lipinski definition) is 0. The lowest BCUT2D eigenvalue weighted by molar-refractivity contribution is 0.587. The summed E-state index contributed by atoms with van der Waals surface area (Å²) in [6.07, 6.45) is 12.1. The lowest BCUT2D eigenvalue weighted by Crippen LogP contribution is -1.95. The molecule has 0 aliphatic carbocycles. The van der Waals surface area contributed by atoms with Crippen LogP contribution in [0.2, 0.25) is 0 Å². The van der Waals surface area contributed by atoms with E-state index in [9.17, 15) is 0 Å². The second kappa shape index (κ2) is 7.35. The fraction of sp³-hybridized carbons (Fsp3) is 0.600. The van der Waals surface area contributed by atoms with Gasteiger partial charge in [-0.2, -0.15) is 0 Å². The molecule has 0 aliphatic heterocycles. The van der Waals surface area contributed by atoms with Crippen molar-refractivity contribution in [2.45, 2.75) is 47.5 Å². The van der Waals surface area contributed by atoms with Gasteiger partial charge in [0.15, 0.2) is 0 Å². The second-order valence-electron chi connectivity index (χ2n) is 4.59. The maximum absolute atomic E-state index is 5.51. The third-order valence-electron chi connectivity index (χ3n) is 2.80. The molecule has 0 bridgehead atoms. The van der Waals surface area contributed by atoms with Gasteiger partial charge in [-0.05, 0) is 44.1 Å². The van der Waals surface area contributed by atoms with Gasteiger partial charge in [0.2, 0.25) is 0 Å². The van der Waals surface area contributed by atoms with E-state index in [1.54, 1.807) is 0 Å². The van der Waals surface area contributed by atoms with Gasteiger partial charge in [-0.15, -0.1) is 6.42 Å². The summed E-state index contributed by atoms with van der Waals surface area (Å²) in [5, 5.41) is 0. The van der Waals surface area contributed by atoms with Crippen molar-refractivity contribution in [2.75, 3.05) is 0 Å². The summed E-state index contributed by atoms with van der Waals surface area (Å²) in [7, 11) is 0. The van der Waals surface area contributed by atoms with E-state index in [-0.39, 0.29) is 0 Å². The van der Waals surface area contributed by atoms with Crippen LogP contribution in [0, 0.1) is 24.2 Å². The molecule has 15 heavy (non-hydrogen) atoms. The first-order valence-corrected chi connectivity index (χ1v) is 5.81. The van der Waals surface area contributed by atoms with E-state index in [0.29, 0.717) is 5.92 Å². The molecule has 0 nitrogen and oxygen atoms in total. The van der Waals surface area contributed by atoms with Gasteiger partial charge in [0.25, 0.3) is 0 Å². The van der Waals surface area contributed by atoms with E-state index >= 15 is 0 Å². The Morgan fingerprint density at radius 1 is 1.33 bits per heavy atom. The molecule has 0 heterocycles. The molecule has 0 aliphatic rings. The molecular formula is C15H24. The number of rotatable bonds is 5. The van der Waals surface area contributed by atoms with Gasteiger partial charge in [-0.1, -0.05) is 44.4 Å². The molecule has 84 valence electrons. The maximum Gasteiger partial charge on any atom is -0.00162 e. The molecule has 0 aromatic carbocycles. The lowest BCUT2D eigenvalue weighted by Gasteiger charge is -2.09. The Hall–Kier alpha value is -0.960. The summed E-state index contributed by atoms with van der Waals surface area (Å²) in [5.41, 5.74) is 2.53. The predicted molar refractivity (Wildman–Crippen MR) is 69.6 cm³/mol. The van der Waals surface area contributed by atoms with Gasteiger partial charge >= 0.3 is 0 Å². The highest BCUT2D eigenvalue weighted by atomic mass is 14.1. The molecule has 0 amide bonds. The molecule has 0 radical (unpaired) electrons. The van der Waals surface area contributed by atoms with Crippen molar-refractivity contribution >= 4 is 0 Å². The zero-order valence-corrected chi connectivity index (χ0v) is 10.8. The van der Waals surface area contributed by atoms with Gasteiger partial charge in [0, 0.05) is 0 Å². The van der Waals surface area contributed by atoms with Crippen LogP contribution in [0.3, 0.4) is 0 Å². The Kier molecular flexibility index (Phi) is 6.88. The first-order chi connectivity index (χ1) is 7.01. The van der Waals surface area contributed by atoms with Gasteiger partial charge in [-0.25, -0.2) is 0 Å². The van der Waals surface area contributed by atoms with Gasteiger partial charge < -0.3 is 0 Å². The number of allylic oxidation sites excluding steroid dienone is 4. The minimum Gasteiger partial charge on any atom is -0.115 e. The van der Waals surface area contributed by atoms with Crippen molar-refractivity contribution in [2.24, 2.45) is 11.8 Å². The second-order valence-corrected chi connectivity index (χ2v) is 4.59. The molecule has 0 rings (SSSR count). The third-order valence-corrected chi connectivity index (χ3v) is 2.80. The summed E-state index contributed by atoms with van der Waals surface area (Å²) >= 11 is 0. The van der Waals surface area contributed by atoms with Crippen molar-refractivity contribution in [1.82, 2.24) is 0 Å². The number of hydrogen-bond acceptors (Lipinski definition) is 0. The minimum atomic E-state index is 0.466. The molecule has 0 aromatic rings. The van der Waals surface area contributed by atoms with Crippen LogP contribution in [0.4, 0.5) is 0 Å². The lowest BCUT2D eigenvalue weighted by atomic mass is 9.96. The highest BCUT2D eigenvalue weighted by Crippen LogP contribution is 2.17. The van der Waals surface area contributed by atoms with Crippen molar-refractivity contribution in [1.29, 1.82) is 0 Å². The Bertz CT molecular complexity index is 271. The van der Waals surface area contributed by atoms with Crippen molar-refractivity contribution in [3.63, 3.8) is 0 Å². The summed E-state index contributed by atoms with van der Waals surface area (Å²) in [6, 6.07) is 0. The molecule has 0 heteroatoms. The van der Waals surface area contributed by atoms with Crippen molar-refractivity contribution in [3.05, 3.63) is 23.3 Å². The van der Waals surface area contributed by atoms with Crippen LogP contribution in [0.5, 0.6) is 0 Å². The smallest absolute Gasteiger partial charge is 0.00162 e. The quantitative estimate of drug-likeness (QED) is 0.454.